The summed E-state index contributed by atoms with van der Waals surface area (Å²) in [5, 5.41) is 4.31. The van der Waals surface area contributed by atoms with E-state index in [9.17, 15) is 4.79 Å². The number of amides is 1. The van der Waals surface area contributed by atoms with Crippen LogP contribution < -0.4 is 11.1 Å². The lowest BCUT2D eigenvalue weighted by Crippen LogP contribution is -2.47. The molecule has 0 radical (unpaired) electrons. The average molecular weight is 434 g/mol. The molecule has 3 N–H and O–H groups in total. The standard InChI is InChI=1S/C23H36ClN5O/c1-2-26-23(29-11-5-6-19(16-29)14-22(25)30)27-15-18-9-12-28(13-10-18)17-20-7-3-4-8-21(20)24/h3-4,7-8,18-19H,2,5-6,9-17H2,1H3,(H2,25,30)(H,26,27). The van der Waals surface area contributed by atoms with Crippen molar-refractivity contribution >= 4 is 23.5 Å². The molecule has 1 unspecified atom stereocenters. The summed E-state index contributed by atoms with van der Waals surface area (Å²) in [6, 6.07) is 8.12. The number of likely N-dealkylation sites (tertiary alicyclic amines) is 2. The number of piperidine rings is 2. The van der Waals surface area contributed by atoms with Crippen molar-refractivity contribution in [2.24, 2.45) is 22.6 Å². The van der Waals surface area contributed by atoms with E-state index >= 15 is 0 Å². The molecule has 30 heavy (non-hydrogen) atoms. The van der Waals surface area contributed by atoms with E-state index in [1.54, 1.807) is 0 Å². The Hall–Kier alpha value is -1.79. The molecule has 0 saturated carbocycles. The number of carbonyl (C=O) groups excluding carboxylic acids is 1. The van der Waals surface area contributed by atoms with Gasteiger partial charge in [0.15, 0.2) is 5.96 Å². The van der Waals surface area contributed by atoms with Gasteiger partial charge in [-0.3, -0.25) is 14.7 Å². The van der Waals surface area contributed by atoms with Crippen molar-refractivity contribution < 1.29 is 4.79 Å². The van der Waals surface area contributed by atoms with Gasteiger partial charge in [-0.25, -0.2) is 0 Å². The van der Waals surface area contributed by atoms with Crippen LogP contribution in [-0.2, 0) is 11.3 Å². The van der Waals surface area contributed by atoms with E-state index in [0.717, 1.165) is 82.5 Å². The number of rotatable bonds is 7. The second-order valence-electron chi connectivity index (χ2n) is 8.63. The second kappa shape index (κ2) is 11.6. The van der Waals surface area contributed by atoms with Crippen LogP contribution in [0.1, 0.15) is 44.6 Å². The first-order valence-electron chi connectivity index (χ1n) is 11.3. The Morgan fingerprint density at radius 1 is 1.20 bits per heavy atom. The van der Waals surface area contributed by atoms with Gasteiger partial charge in [0.05, 0.1) is 0 Å². The van der Waals surface area contributed by atoms with Gasteiger partial charge in [0.1, 0.15) is 0 Å². The minimum Gasteiger partial charge on any atom is -0.370 e. The van der Waals surface area contributed by atoms with Crippen molar-refractivity contribution in [3.05, 3.63) is 34.9 Å². The highest BCUT2D eigenvalue weighted by Crippen LogP contribution is 2.23. The van der Waals surface area contributed by atoms with Crippen molar-refractivity contribution in [2.45, 2.75) is 45.6 Å². The number of benzene rings is 1. The van der Waals surface area contributed by atoms with E-state index in [4.69, 9.17) is 22.3 Å². The molecule has 0 aromatic heterocycles. The summed E-state index contributed by atoms with van der Waals surface area (Å²) in [5.41, 5.74) is 6.62. The first-order valence-corrected chi connectivity index (χ1v) is 11.7. The van der Waals surface area contributed by atoms with Crippen LogP contribution in [0.5, 0.6) is 0 Å². The zero-order valence-corrected chi connectivity index (χ0v) is 18.9. The van der Waals surface area contributed by atoms with Crippen LogP contribution >= 0.6 is 11.6 Å². The van der Waals surface area contributed by atoms with Crippen molar-refractivity contribution in [1.82, 2.24) is 15.1 Å². The third-order valence-corrected chi connectivity index (χ3v) is 6.57. The molecule has 166 valence electrons. The van der Waals surface area contributed by atoms with Crippen LogP contribution in [0.25, 0.3) is 0 Å². The fraction of sp³-hybridized carbons (Fsp3) is 0.652. The summed E-state index contributed by atoms with van der Waals surface area (Å²) in [5.74, 6) is 1.75. The van der Waals surface area contributed by atoms with Crippen LogP contribution in [0, 0.1) is 11.8 Å². The Morgan fingerprint density at radius 2 is 1.97 bits per heavy atom. The topological polar surface area (TPSA) is 74.0 Å². The minimum absolute atomic E-state index is 0.202. The molecular formula is C23H36ClN5O. The van der Waals surface area contributed by atoms with Gasteiger partial charge in [-0.1, -0.05) is 29.8 Å². The molecule has 1 amide bonds. The number of nitrogens with two attached hydrogens (primary N) is 1. The van der Waals surface area contributed by atoms with Gasteiger partial charge in [-0.2, -0.15) is 0 Å². The highest BCUT2D eigenvalue weighted by Gasteiger charge is 2.24. The summed E-state index contributed by atoms with van der Waals surface area (Å²) in [4.78, 5) is 21.1. The molecule has 2 aliphatic rings. The van der Waals surface area contributed by atoms with Gasteiger partial charge in [-0.15, -0.1) is 0 Å². The third kappa shape index (κ3) is 6.88. The van der Waals surface area contributed by atoms with Crippen LogP contribution in [0.4, 0.5) is 0 Å². The number of hydrogen-bond acceptors (Lipinski definition) is 3. The predicted molar refractivity (Wildman–Crippen MR) is 124 cm³/mol. The van der Waals surface area contributed by atoms with Crippen molar-refractivity contribution in [3.8, 4) is 0 Å². The van der Waals surface area contributed by atoms with E-state index in [0.29, 0.717) is 18.3 Å². The molecule has 2 heterocycles. The summed E-state index contributed by atoms with van der Waals surface area (Å²) in [6.07, 6.45) is 4.96. The SMILES string of the molecule is CCNC(=NCC1CCN(Cc2ccccc2Cl)CC1)N1CCCC(CC(N)=O)C1. The summed E-state index contributed by atoms with van der Waals surface area (Å²) in [6.45, 7) is 8.79. The Bertz CT molecular complexity index is 717. The normalized spacial score (nSPS) is 21.6. The molecule has 0 spiro atoms. The van der Waals surface area contributed by atoms with E-state index in [-0.39, 0.29) is 5.91 Å². The molecule has 1 atom stereocenters. The molecule has 6 nitrogen and oxygen atoms in total. The molecule has 0 aliphatic carbocycles. The number of guanidine groups is 1. The van der Waals surface area contributed by atoms with E-state index in [1.165, 1.54) is 5.56 Å². The van der Waals surface area contributed by atoms with E-state index in [2.05, 4.69) is 34.2 Å². The van der Waals surface area contributed by atoms with E-state index < -0.39 is 0 Å². The number of aliphatic imine (C=N–C) groups is 1. The highest BCUT2D eigenvalue weighted by atomic mass is 35.5. The maximum Gasteiger partial charge on any atom is 0.217 e. The van der Waals surface area contributed by atoms with Gasteiger partial charge in [0, 0.05) is 44.2 Å². The number of primary amides is 1. The van der Waals surface area contributed by atoms with Crippen LogP contribution in [-0.4, -0.2) is 60.9 Å². The monoisotopic (exact) mass is 433 g/mol. The lowest BCUT2D eigenvalue weighted by Gasteiger charge is -2.35. The first-order chi connectivity index (χ1) is 14.5. The Balaban J connectivity index is 1.49. The second-order valence-corrected chi connectivity index (χ2v) is 9.04. The Labute approximate surface area is 185 Å². The van der Waals surface area contributed by atoms with Crippen molar-refractivity contribution in [2.75, 3.05) is 39.3 Å². The number of nitrogens with zero attached hydrogens (tertiary/aromatic N) is 3. The Morgan fingerprint density at radius 3 is 2.67 bits per heavy atom. The maximum atomic E-state index is 11.3. The molecule has 2 saturated heterocycles. The lowest BCUT2D eigenvalue weighted by atomic mass is 9.94. The van der Waals surface area contributed by atoms with Gasteiger partial charge in [0.25, 0.3) is 0 Å². The number of nitrogens with one attached hydrogen (secondary N) is 1. The van der Waals surface area contributed by atoms with Crippen LogP contribution in [0.3, 0.4) is 0 Å². The number of carbonyl (C=O) groups is 1. The first kappa shape index (κ1) is 22.9. The lowest BCUT2D eigenvalue weighted by molar-refractivity contribution is -0.119. The molecule has 7 heteroatoms. The molecule has 2 fully saturated rings. The predicted octanol–water partition coefficient (Wildman–Crippen LogP) is 3.10. The van der Waals surface area contributed by atoms with Crippen LogP contribution in [0.15, 0.2) is 29.3 Å². The molecule has 3 rings (SSSR count). The average Bonchev–Trinajstić information content (AvgIpc) is 2.73. The number of halogens is 1. The Kier molecular flexibility index (Phi) is 8.82. The zero-order valence-electron chi connectivity index (χ0n) is 18.2. The fourth-order valence-corrected chi connectivity index (χ4v) is 4.74. The maximum absolute atomic E-state index is 11.3. The molecule has 1 aromatic rings. The van der Waals surface area contributed by atoms with E-state index in [1.807, 2.05) is 12.1 Å². The zero-order chi connectivity index (χ0) is 21.3. The summed E-state index contributed by atoms with van der Waals surface area (Å²) >= 11 is 6.32. The van der Waals surface area contributed by atoms with Gasteiger partial charge in [-0.05, 0) is 69.2 Å². The molecule has 1 aromatic carbocycles. The van der Waals surface area contributed by atoms with Gasteiger partial charge >= 0.3 is 0 Å². The largest absolute Gasteiger partial charge is 0.370 e. The van der Waals surface area contributed by atoms with Gasteiger partial charge in [0.2, 0.25) is 5.91 Å². The molecular weight excluding hydrogens is 398 g/mol. The molecule has 2 aliphatic heterocycles. The summed E-state index contributed by atoms with van der Waals surface area (Å²) < 4.78 is 0. The van der Waals surface area contributed by atoms with Crippen molar-refractivity contribution in [3.63, 3.8) is 0 Å². The third-order valence-electron chi connectivity index (χ3n) is 6.20. The van der Waals surface area contributed by atoms with Crippen LogP contribution in [0.2, 0.25) is 5.02 Å². The fourth-order valence-electron chi connectivity index (χ4n) is 4.54. The quantitative estimate of drug-likeness (QED) is 0.511. The minimum atomic E-state index is -0.202. The molecule has 0 bridgehead atoms. The number of hydrogen-bond donors (Lipinski definition) is 2. The van der Waals surface area contributed by atoms with Crippen molar-refractivity contribution in [1.29, 1.82) is 0 Å². The highest BCUT2D eigenvalue weighted by molar-refractivity contribution is 6.31. The summed E-state index contributed by atoms with van der Waals surface area (Å²) in [7, 11) is 0. The van der Waals surface area contributed by atoms with Gasteiger partial charge < -0.3 is 16.0 Å². The smallest absolute Gasteiger partial charge is 0.217 e.